The highest BCUT2D eigenvalue weighted by atomic mass is 16.2. The second kappa shape index (κ2) is 4.89. The van der Waals surface area contributed by atoms with E-state index in [1.54, 1.807) is 4.90 Å². The fourth-order valence-corrected chi connectivity index (χ4v) is 1.94. The van der Waals surface area contributed by atoms with Gasteiger partial charge in [0.25, 0.3) is 0 Å². The first-order valence-electron chi connectivity index (χ1n) is 5.60. The summed E-state index contributed by atoms with van der Waals surface area (Å²) in [5.41, 5.74) is 9.29. The van der Waals surface area contributed by atoms with Crippen molar-refractivity contribution in [2.75, 3.05) is 13.1 Å². The molecule has 0 N–H and O–H groups in total. The molecule has 2 rings (SSSR count). The first kappa shape index (κ1) is 11.5. The molecule has 1 aliphatic rings. The van der Waals surface area contributed by atoms with Crippen LogP contribution in [0.5, 0.6) is 0 Å². The smallest absolute Gasteiger partial charge is 0.229 e. The Hall–Kier alpha value is -2.00. The average molecular weight is 230 g/mol. The summed E-state index contributed by atoms with van der Waals surface area (Å²) in [5.74, 6) is -0.0381. The lowest BCUT2D eigenvalue weighted by atomic mass is 9.97. The largest absolute Gasteiger partial charge is 0.341 e. The van der Waals surface area contributed by atoms with Crippen molar-refractivity contribution in [3.05, 3.63) is 46.3 Å². The molecule has 1 atom stereocenters. The molecule has 0 saturated carbocycles. The maximum Gasteiger partial charge on any atom is 0.229 e. The second-order valence-electron chi connectivity index (χ2n) is 4.23. The molecule has 1 heterocycles. The van der Waals surface area contributed by atoms with Crippen LogP contribution in [0.2, 0.25) is 0 Å². The summed E-state index contributed by atoms with van der Waals surface area (Å²) in [6, 6.07) is 9.64. The van der Waals surface area contributed by atoms with Gasteiger partial charge in [-0.1, -0.05) is 35.4 Å². The minimum absolute atomic E-state index is 0.0491. The molecule has 5 heteroatoms. The Morgan fingerprint density at radius 3 is 2.71 bits per heavy atom. The maximum atomic E-state index is 12.1. The third-order valence-electron chi connectivity index (χ3n) is 3.06. The van der Waals surface area contributed by atoms with Crippen LogP contribution in [0, 0.1) is 0 Å². The van der Waals surface area contributed by atoms with E-state index in [-0.39, 0.29) is 17.9 Å². The lowest BCUT2D eigenvalue weighted by Gasteiger charge is -2.38. The number of benzene rings is 1. The summed E-state index contributed by atoms with van der Waals surface area (Å²) in [6.07, 6.45) is 0. The van der Waals surface area contributed by atoms with Crippen molar-refractivity contribution in [2.45, 2.75) is 18.9 Å². The Labute approximate surface area is 99.7 Å². The Kier molecular flexibility index (Phi) is 3.30. The summed E-state index contributed by atoms with van der Waals surface area (Å²) in [5, 5.41) is 3.58. The molecule has 1 aliphatic heterocycles. The molecule has 88 valence electrons. The summed E-state index contributed by atoms with van der Waals surface area (Å²) < 4.78 is 0. The number of carbonyl (C=O) groups excluding carboxylic acids is 1. The van der Waals surface area contributed by atoms with E-state index in [0.717, 1.165) is 5.56 Å². The first-order chi connectivity index (χ1) is 8.22. The van der Waals surface area contributed by atoms with E-state index in [1.807, 2.05) is 37.3 Å². The van der Waals surface area contributed by atoms with Crippen molar-refractivity contribution in [3.63, 3.8) is 0 Å². The zero-order valence-corrected chi connectivity index (χ0v) is 9.65. The van der Waals surface area contributed by atoms with E-state index in [9.17, 15) is 4.79 Å². The molecular weight excluding hydrogens is 216 g/mol. The summed E-state index contributed by atoms with van der Waals surface area (Å²) in [7, 11) is 0. The van der Waals surface area contributed by atoms with E-state index in [1.165, 1.54) is 0 Å². The number of nitrogens with zero attached hydrogens (tertiary/aromatic N) is 4. The molecule has 0 aliphatic carbocycles. The fraction of sp³-hybridized carbons (Fsp3) is 0.417. The Bertz CT molecular complexity index is 447. The van der Waals surface area contributed by atoms with Crippen molar-refractivity contribution in [3.8, 4) is 0 Å². The highest BCUT2D eigenvalue weighted by Crippen LogP contribution is 2.22. The molecule has 1 unspecified atom stereocenters. The van der Waals surface area contributed by atoms with Gasteiger partial charge in [0.2, 0.25) is 5.91 Å². The fourth-order valence-electron chi connectivity index (χ4n) is 1.94. The van der Waals surface area contributed by atoms with Gasteiger partial charge in [0.05, 0.1) is 12.0 Å². The lowest BCUT2D eigenvalue weighted by molar-refractivity contribution is -0.136. The van der Waals surface area contributed by atoms with Gasteiger partial charge in [0, 0.05) is 18.0 Å². The van der Waals surface area contributed by atoms with E-state index in [2.05, 4.69) is 10.0 Å². The molecule has 0 radical (unpaired) electrons. The molecule has 1 saturated heterocycles. The number of amides is 1. The Morgan fingerprint density at radius 2 is 2.12 bits per heavy atom. The normalized spacial score (nSPS) is 16.9. The molecule has 1 fully saturated rings. The van der Waals surface area contributed by atoms with Gasteiger partial charge < -0.3 is 4.90 Å². The molecule has 0 spiro atoms. The number of likely N-dealkylation sites (tertiary alicyclic amines) is 1. The monoisotopic (exact) mass is 230 g/mol. The van der Waals surface area contributed by atoms with Crippen LogP contribution in [-0.2, 0) is 4.79 Å². The standard InChI is InChI=1S/C12H14N4O/c1-9(10-5-3-2-4-6-10)12(17)16-7-11(8-16)14-15-13/h2-6,9,11H,7-8H2,1H3. The number of rotatable bonds is 3. The molecular formula is C12H14N4O. The highest BCUT2D eigenvalue weighted by molar-refractivity contribution is 5.84. The zero-order valence-electron chi connectivity index (χ0n) is 9.65. The van der Waals surface area contributed by atoms with Crippen LogP contribution in [0.4, 0.5) is 0 Å². The molecule has 0 aromatic heterocycles. The maximum absolute atomic E-state index is 12.1. The van der Waals surface area contributed by atoms with Crippen LogP contribution in [0.1, 0.15) is 18.4 Å². The first-order valence-corrected chi connectivity index (χ1v) is 5.60. The van der Waals surface area contributed by atoms with Crippen LogP contribution in [0.3, 0.4) is 0 Å². The number of azide groups is 1. The summed E-state index contributed by atoms with van der Waals surface area (Å²) >= 11 is 0. The third-order valence-corrected chi connectivity index (χ3v) is 3.06. The number of hydrogen-bond acceptors (Lipinski definition) is 2. The molecule has 17 heavy (non-hydrogen) atoms. The van der Waals surface area contributed by atoms with Gasteiger partial charge in [0.1, 0.15) is 0 Å². The van der Waals surface area contributed by atoms with E-state index in [0.29, 0.717) is 13.1 Å². The third kappa shape index (κ3) is 2.40. The van der Waals surface area contributed by atoms with Crippen LogP contribution < -0.4 is 0 Å². The minimum Gasteiger partial charge on any atom is -0.341 e. The Morgan fingerprint density at radius 1 is 1.47 bits per heavy atom. The quantitative estimate of drug-likeness (QED) is 0.446. The molecule has 1 aromatic rings. The van der Waals surface area contributed by atoms with Gasteiger partial charge >= 0.3 is 0 Å². The molecule has 5 nitrogen and oxygen atoms in total. The van der Waals surface area contributed by atoms with Crippen LogP contribution >= 0.6 is 0 Å². The van der Waals surface area contributed by atoms with Gasteiger partial charge in [0.15, 0.2) is 0 Å². The predicted molar refractivity (Wildman–Crippen MR) is 64.4 cm³/mol. The number of carbonyl (C=O) groups is 1. The van der Waals surface area contributed by atoms with Gasteiger partial charge in [-0.15, -0.1) is 0 Å². The molecule has 1 aromatic carbocycles. The second-order valence-corrected chi connectivity index (χ2v) is 4.23. The van der Waals surface area contributed by atoms with Crippen molar-refractivity contribution in [1.82, 2.24) is 4.90 Å². The lowest BCUT2D eigenvalue weighted by Crippen LogP contribution is -2.53. The van der Waals surface area contributed by atoms with Crippen molar-refractivity contribution < 1.29 is 4.79 Å². The predicted octanol–water partition coefficient (Wildman–Crippen LogP) is 2.31. The van der Waals surface area contributed by atoms with Crippen LogP contribution in [0.25, 0.3) is 10.4 Å². The van der Waals surface area contributed by atoms with Crippen molar-refractivity contribution in [1.29, 1.82) is 0 Å². The summed E-state index contributed by atoms with van der Waals surface area (Å²) in [6.45, 7) is 2.98. The minimum atomic E-state index is -0.136. The van der Waals surface area contributed by atoms with Gasteiger partial charge in [-0.25, -0.2) is 0 Å². The highest BCUT2D eigenvalue weighted by Gasteiger charge is 2.32. The van der Waals surface area contributed by atoms with Gasteiger partial charge in [-0.3, -0.25) is 4.79 Å². The Balaban J connectivity index is 1.96. The van der Waals surface area contributed by atoms with Crippen molar-refractivity contribution in [2.24, 2.45) is 5.11 Å². The summed E-state index contributed by atoms with van der Waals surface area (Å²) in [4.78, 5) is 16.5. The van der Waals surface area contributed by atoms with E-state index in [4.69, 9.17) is 5.53 Å². The topological polar surface area (TPSA) is 69.1 Å². The molecule has 1 amide bonds. The van der Waals surface area contributed by atoms with E-state index >= 15 is 0 Å². The SMILES string of the molecule is CC(C(=O)N1CC(N=[N+]=[N-])C1)c1ccccc1. The van der Waals surface area contributed by atoms with Crippen molar-refractivity contribution >= 4 is 5.91 Å². The van der Waals surface area contributed by atoms with E-state index < -0.39 is 0 Å². The zero-order chi connectivity index (χ0) is 12.3. The van der Waals surface area contributed by atoms with Crippen LogP contribution in [0.15, 0.2) is 35.4 Å². The molecule has 0 bridgehead atoms. The van der Waals surface area contributed by atoms with Crippen LogP contribution in [-0.4, -0.2) is 29.9 Å². The average Bonchev–Trinajstić information content (AvgIpc) is 2.32. The van der Waals surface area contributed by atoms with Gasteiger partial charge in [-0.05, 0) is 18.0 Å². The number of hydrogen-bond donors (Lipinski definition) is 0. The van der Waals surface area contributed by atoms with Gasteiger partial charge in [-0.2, -0.15) is 0 Å².